The van der Waals surface area contributed by atoms with E-state index >= 15 is 0 Å². The van der Waals surface area contributed by atoms with Gasteiger partial charge in [0.1, 0.15) is 11.9 Å². The Balaban J connectivity index is 1.65. The summed E-state index contributed by atoms with van der Waals surface area (Å²) in [6.07, 6.45) is 0.182. The lowest BCUT2D eigenvalue weighted by Crippen LogP contribution is -2.65. The number of carbonyl (C=O) groups excluding carboxylic acids is 1. The van der Waals surface area contributed by atoms with Gasteiger partial charge >= 0.3 is 0 Å². The quantitative estimate of drug-likeness (QED) is 0.706. The third kappa shape index (κ3) is 3.58. The molecular weight excluding hydrogens is 379 g/mol. The molecule has 3 aromatic carbocycles. The Bertz CT molecular complexity index is 1080. The van der Waals surface area contributed by atoms with Gasteiger partial charge in [0.2, 0.25) is 5.91 Å². The second kappa shape index (κ2) is 8.48. The fraction of sp³-hybridized carbons (Fsp3) is 0.200. The van der Waals surface area contributed by atoms with E-state index in [0.29, 0.717) is 0 Å². The molecule has 0 spiro atoms. The molecule has 4 rings (SSSR count). The molecule has 0 aliphatic carbocycles. The van der Waals surface area contributed by atoms with Gasteiger partial charge in [-0.3, -0.25) is 4.79 Å². The molecule has 3 atom stereocenters. The molecule has 1 amide bonds. The molecule has 5 heteroatoms. The highest BCUT2D eigenvalue weighted by molar-refractivity contribution is 5.82. The molecule has 0 unspecified atom stereocenters. The van der Waals surface area contributed by atoms with Gasteiger partial charge in [-0.15, -0.1) is 0 Å². The van der Waals surface area contributed by atoms with E-state index in [9.17, 15) is 19.6 Å². The number of aliphatic hydroxyl groups is 1. The van der Waals surface area contributed by atoms with Gasteiger partial charge < -0.3 is 10.0 Å². The number of hydrogen-bond donors (Lipinski definition) is 1. The van der Waals surface area contributed by atoms with Gasteiger partial charge in [-0.25, -0.2) is 4.39 Å². The summed E-state index contributed by atoms with van der Waals surface area (Å²) in [7, 11) is 0. The van der Waals surface area contributed by atoms with Crippen LogP contribution in [0.5, 0.6) is 0 Å². The Labute approximate surface area is 174 Å². The van der Waals surface area contributed by atoms with Gasteiger partial charge in [-0.2, -0.15) is 5.26 Å². The maximum Gasteiger partial charge on any atom is 0.228 e. The predicted octanol–water partition coefficient (Wildman–Crippen LogP) is 3.91. The zero-order chi connectivity index (χ0) is 21.1. The highest BCUT2D eigenvalue weighted by Crippen LogP contribution is 2.44. The first kappa shape index (κ1) is 19.8. The van der Waals surface area contributed by atoms with Crippen LogP contribution in [-0.4, -0.2) is 34.6 Å². The van der Waals surface area contributed by atoms with Gasteiger partial charge in [-0.1, -0.05) is 66.7 Å². The van der Waals surface area contributed by atoms with Crippen molar-refractivity contribution in [3.05, 3.63) is 95.8 Å². The van der Waals surface area contributed by atoms with Crippen molar-refractivity contribution in [1.29, 1.82) is 5.26 Å². The molecule has 1 aliphatic rings. The average Bonchev–Trinajstić information content (AvgIpc) is 2.75. The smallest absolute Gasteiger partial charge is 0.228 e. The summed E-state index contributed by atoms with van der Waals surface area (Å²) < 4.78 is 13.4. The van der Waals surface area contributed by atoms with Crippen LogP contribution in [0.3, 0.4) is 0 Å². The Morgan fingerprint density at radius 2 is 1.67 bits per heavy atom. The topological polar surface area (TPSA) is 64.3 Å². The first-order chi connectivity index (χ1) is 14.6. The molecule has 3 aromatic rings. The number of amides is 1. The number of nitrogens with zero attached hydrogens (tertiary/aromatic N) is 2. The average molecular weight is 400 g/mol. The second-order valence-corrected chi connectivity index (χ2v) is 7.41. The maximum atomic E-state index is 13.4. The Morgan fingerprint density at radius 3 is 2.33 bits per heavy atom. The summed E-state index contributed by atoms with van der Waals surface area (Å²) in [5, 5.41) is 19.9. The monoisotopic (exact) mass is 400 g/mol. The van der Waals surface area contributed by atoms with Gasteiger partial charge in [0, 0.05) is 5.92 Å². The van der Waals surface area contributed by atoms with Gasteiger partial charge in [0.15, 0.2) is 0 Å². The molecule has 0 radical (unpaired) electrons. The molecule has 150 valence electrons. The van der Waals surface area contributed by atoms with E-state index in [4.69, 9.17) is 0 Å². The summed E-state index contributed by atoms with van der Waals surface area (Å²) in [6, 6.07) is 24.2. The van der Waals surface area contributed by atoms with E-state index in [1.54, 1.807) is 12.1 Å². The number of carbonyl (C=O) groups is 1. The summed E-state index contributed by atoms with van der Waals surface area (Å²) in [5.41, 5.74) is 3.44. The molecule has 0 bridgehead atoms. The molecule has 4 nitrogen and oxygen atoms in total. The van der Waals surface area contributed by atoms with E-state index in [1.165, 1.54) is 17.0 Å². The third-order valence-electron chi connectivity index (χ3n) is 5.69. The van der Waals surface area contributed by atoms with Crippen molar-refractivity contribution in [3.63, 3.8) is 0 Å². The fourth-order valence-corrected chi connectivity index (χ4v) is 4.26. The molecule has 1 heterocycles. The molecule has 30 heavy (non-hydrogen) atoms. The van der Waals surface area contributed by atoms with Crippen molar-refractivity contribution >= 4 is 5.91 Å². The lowest BCUT2D eigenvalue weighted by molar-refractivity contribution is -0.146. The van der Waals surface area contributed by atoms with Crippen LogP contribution in [0.4, 0.5) is 4.39 Å². The minimum absolute atomic E-state index is 0.178. The third-order valence-corrected chi connectivity index (χ3v) is 5.69. The first-order valence-corrected chi connectivity index (χ1v) is 9.84. The number of rotatable bonds is 5. The van der Waals surface area contributed by atoms with Crippen molar-refractivity contribution in [3.8, 4) is 17.2 Å². The van der Waals surface area contributed by atoms with Crippen molar-refractivity contribution in [1.82, 2.24) is 4.90 Å². The number of hydrogen-bond acceptors (Lipinski definition) is 3. The zero-order valence-electron chi connectivity index (χ0n) is 16.3. The van der Waals surface area contributed by atoms with Crippen LogP contribution < -0.4 is 0 Å². The van der Waals surface area contributed by atoms with E-state index in [0.717, 1.165) is 22.3 Å². The van der Waals surface area contributed by atoms with Gasteiger partial charge in [-0.05, 0) is 34.4 Å². The van der Waals surface area contributed by atoms with Crippen molar-refractivity contribution < 1.29 is 14.3 Å². The minimum atomic E-state index is -0.667. The van der Waals surface area contributed by atoms with Crippen LogP contribution in [0, 0.1) is 17.1 Å². The lowest BCUT2D eigenvalue weighted by Gasteiger charge is -2.52. The van der Waals surface area contributed by atoms with Crippen LogP contribution >= 0.6 is 0 Å². The highest BCUT2D eigenvalue weighted by atomic mass is 19.1. The Kier molecular flexibility index (Phi) is 5.60. The van der Waals surface area contributed by atoms with Crippen LogP contribution in [0.1, 0.15) is 17.0 Å². The van der Waals surface area contributed by atoms with Crippen molar-refractivity contribution in [2.24, 2.45) is 0 Å². The minimum Gasteiger partial charge on any atom is -0.394 e. The van der Waals surface area contributed by atoms with E-state index < -0.39 is 12.1 Å². The fourth-order valence-electron chi connectivity index (χ4n) is 4.26. The zero-order valence-corrected chi connectivity index (χ0v) is 16.3. The Hall–Kier alpha value is -3.49. The molecule has 1 fully saturated rings. The molecule has 1 aliphatic heterocycles. The van der Waals surface area contributed by atoms with Gasteiger partial charge in [0.05, 0.1) is 25.1 Å². The Morgan fingerprint density at radius 1 is 1.00 bits per heavy atom. The second-order valence-electron chi connectivity index (χ2n) is 7.41. The number of benzene rings is 3. The maximum absolute atomic E-state index is 13.4. The van der Waals surface area contributed by atoms with Crippen LogP contribution in [0.2, 0.25) is 0 Å². The SMILES string of the molecule is N#C[C@@H]1[C@@H](c2ccccc2-c2ccc(F)cc2)[C@H](CO)N1C(=O)Cc1ccccc1. The van der Waals surface area contributed by atoms with Crippen LogP contribution in [-0.2, 0) is 11.2 Å². The lowest BCUT2D eigenvalue weighted by atomic mass is 9.73. The molecule has 0 saturated carbocycles. The molecule has 1 saturated heterocycles. The molecule has 0 aromatic heterocycles. The van der Waals surface area contributed by atoms with Crippen LogP contribution in [0.25, 0.3) is 11.1 Å². The van der Waals surface area contributed by atoms with Gasteiger partial charge in [0.25, 0.3) is 0 Å². The van der Waals surface area contributed by atoms with E-state index in [2.05, 4.69) is 6.07 Å². The predicted molar refractivity (Wildman–Crippen MR) is 112 cm³/mol. The van der Waals surface area contributed by atoms with Crippen molar-refractivity contribution in [2.75, 3.05) is 6.61 Å². The normalized spacial score (nSPS) is 20.3. The molecule has 1 N–H and O–H groups in total. The van der Waals surface area contributed by atoms with E-state index in [-0.39, 0.29) is 30.7 Å². The standard InChI is InChI=1S/C25H21FN2O2/c26-19-12-10-18(11-13-19)20-8-4-5-9-21(20)25-22(15-27)28(23(25)16-29)24(30)14-17-6-2-1-3-7-17/h1-13,22-23,25,29H,14,16H2/t22-,23+,25-/m1/s1. The van der Waals surface area contributed by atoms with Crippen LogP contribution in [0.15, 0.2) is 78.9 Å². The number of nitriles is 1. The number of likely N-dealkylation sites (tertiary alicyclic amines) is 1. The molecular formula is C25H21FN2O2. The summed E-state index contributed by atoms with van der Waals surface area (Å²) >= 11 is 0. The number of halogens is 1. The summed E-state index contributed by atoms with van der Waals surface area (Å²) in [6.45, 7) is -0.235. The van der Waals surface area contributed by atoms with Crippen molar-refractivity contribution in [2.45, 2.75) is 24.4 Å². The highest BCUT2D eigenvalue weighted by Gasteiger charge is 2.51. The summed E-state index contributed by atoms with van der Waals surface area (Å²) in [4.78, 5) is 14.4. The number of aliphatic hydroxyl groups excluding tert-OH is 1. The largest absolute Gasteiger partial charge is 0.394 e. The van der Waals surface area contributed by atoms with E-state index in [1.807, 2.05) is 54.6 Å². The first-order valence-electron chi connectivity index (χ1n) is 9.84. The summed E-state index contributed by atoms with van der Waals surface area (Å²) in [5.74, 6) is -0.816.